The van der Waals surface area contributed by atoms with Gasteiger partial charge in [0.05, 0.1) is 63.6 Å². The summed E-state index contributed by atoms with van der Waals surface area (Å²) >= 11 is 0. The lowest BCUT2D eigenvalue weighted by molar-refractivity contribution is -0.131. The lowest BCUT2D eigenvalue weighted by Gasteiger charge is -2.21. The topological polar surface area (TPSA) is 115 Å². The Bertz CT molecular complexity index is 739. The van der Waals surface area contributed by atoms with Crippen molar-refractivity contribution in [3.8, 4) is 0 Å². The fourth-order valence-electron chi connectivity index (χ4n) is 3.65. The third kappa shape index (κ3) is 22.9. The number of hydrogen-bond donors (Lipinski definition) is 3. The normalized spacial score (nSPS) is 14.9. The Morgan fingerprint density at radius 2 is 1.20 bits per heavy atom. The summed E-state index contributed by atoms with van der Waals surface area (Å²) < 4.78 is 22.8. The number of carboxylic acids is 1. The van der Waals surface area contributed by atoms with Gasteiger partial charge in [-0.25, -0.2) is 4.79 Å². The quantitative estimate of drug-likeness (QED) is 0.119. The highest BCUT2D eigenvalue weighted by Crippen LogP contribution is 2.13. The molecule has 1 aromatic rings. The van der Waals surface area contributed by atoms with Gasteiger partial charge in [-0.05, 0) is 51.7 Å². The molecule has 0 fully saturated rings. The molecule has 1 rings (SSSR count). The van der Waals surface area contributed by atoms with E-state index in [1.807, 2.05) is 27.7 Å². The first-order valence-electron chi connectivity index (χ1n) is 14.8. The second-order valence-corrected chi connectivity index (χ2v) is 10.5. The van der Waals surface area contributed by atoms with Gasteiger partial charge in [-0.15, -0.1) is 0 Å². The summed E-state index contributed by atoms with van der Waals surface area (Å²) in [6.45, 7) is 14.5. The SMILES string of the molecule is C=CC(=O)O.CCCCCCCCc1ccc(CC(O)COC(C)COC(C)COC(C)COC(C)CO)cc1. The zero-order valence-electron chi connectivity index (χ0n) is 25.6. The van der Waals surface area contributed by atoms with E-state index in [1.54, 1.807) is 0 Å². The van der Waals surface area contributed by atoms with Crippen molar-refractivity contribution in [1.29, 1.82) is 0 Å². The molecule has 3 N–H and O–H groups in total. The Morgan fingerprint density at radius 1 is 0.775 bits per heavy atom. The van der Waals surface area contributed by atoms with Crippen molar-refractivity contribution in [3.63, 3.8) is 0 Å². The minimum atomic E-state index is -0.981. The number of unbranched alkanes of at least 4 members (excludes halogenated alkanes) is 5. The van der Waals surface area contributed by atoms with Crippen molar-refractivity contribution >= 4 is 5.97 Å². The van der Waals surface area contributed by atoms with Crippen LogP contribution in [0.2, 0.25) is 0 Å². The van der Waals surface area contributed by atoms with E-state index in [2.05, 4.69) is 37.8 Å². The molecule has 5 unspecified atom stereocenters. The van der Waals surface area contributed by atoms with Crippen molar-refractivity contribution < 1.29 is 39.1 Å². The van der Waals surface area contributed by atoms with Crippen LogP contribution in [0.4, 0.5) is 0 Å². The third-order valence-electron chi connectivity index (χ3n) is 6.16. The molecule has 5 atom stereocenters. The minimum absolute atomic E-state index is 0.00437. The molecule has 0 aromatic heterocycles. The minimum Gasteiger partial charge on any atom is -0.478 e. The zero-order chi connectivity index (χ0) is 30.2. The molecule has 0 saturated carbocycles. The number of aryl methyl sites for hydroxylation is 1. The van der Waals surface area contributed by atoms with Crippen LogP contribution in [0.15, 0.2) is 36.9 Å². The number of ether oxygens (including phenoxy) is 4. The van der Waals surface area contributed by atoms with E-state index in [9.17, 15) is 9.90 Å². The van der Waals surface area contributed by atoms with Crippen LogP contribution in [0, 0.1) is 0 Å². The lowest BCUT2D eigenvalue weighted by atomic mass is 10.0. The fraction of sp³-hybridized carbons (Fsp3) is 0.719. The van der Waals surface area contributed by atoms with E-state index >= 15 is 0 Å². The highest BCUT2D eigenvalue weighted by molar-refractivity contribution is 5.78. The maximum Gasteiger partial charge on any atom is 0.327 e. The summed E-state index contributed by atoms with van der Waals surface area (Å²) in [6.07, 6.45) is 9.49. The first-order valence-corrected chi connectivity index (χ1v) is 14.8. The molecular weight excluding hydrogens is 512 g/mol. The van der Waals surface area contributed by atoms with Crippen molar-refractivity contribution in [3.05, 3.63) is 48.0 Å². The number of hydrogen-bond acceptors (Lipinski definition) is 7. The molecule has 8 heteroatoms. The van der Waals surface area contributed by atoms with Crippen LogP contribution in [0.25, 0.3) is 0 Å². The molecule has 1 aromatic carbocycles. The molecule has 0 aliphatic carbocycles. The Balaban J connectivity index is 0.00000277. The first-order chi connectivity index (χ1) is 19.1. The van der Waals surface area contributed by atoms with Crippen LogP contribution >= 0.6 is 0 Å². The van der Waals surface area contributed by atoms with Crippen molar-refractivity contribution in [1.82, 2.24) is 0 Å². The second-order valence-electron chi connectivity index (χ2n) is 10.5. The van der Waals surface area contributed by atoms with E-state index < -0.39 is 12.1 Å². The summed E-state index contributed by atoms with van der Waals surface area (Å²) in [7, 11) is 0. The average Bonchev–Trinajstić information content (AvgIpc) is 2.95. The van der Waals surface area contributed by atoms with Gasteiger partial charge in [0, 0.05) is 12.5 Å². The Kier molecular flexibility index (Phi) is 23.8. The largest absolute Gasteiger partial charge is 0.478 e. The maximum atomic E-state index is 10.4. The van der Waals surface area contributed by atoms with Gasteiger partial charge in [0.15, 0.2) is 0 Å². The molecule has 232 valence electrons. The number of carboxylic acid groups (broad SMARTS) is 1. The van der Waals surface area contributed by atoms with Gasteiger partial charge in [0.25, 0.3) is 0 Å². The number of aliphatic hydroxyl groups is 2. The van der Waals surface area contributed by atoms with Gasteiger partial charge < -0.3 is 34.3 Å². The second kappa shape index (κ2) is 24.9. The molecule has 0 heterocycles. The molecule has 0 amide bonds. The smallest absolute Gasteiger partial charge is 0.327 e. The van der Waals surface area contributed by atoms with E-state index in [-0.39, 0.29) is 37.6 Å². The van der Waals surface area contributed by atoms with Crippen molar-refractivity contribution in [2.45, 2.75) is 117 Å². The van der Waals surface area contributed by atoms with Gasteiger partial charge in [-0.1, -0.05) is 69.9 Å². The number of aliphatic carboxylic acids is 1. The molecule has 0 aliphatic heterocycles. The van der Waals surface area contributed by atoms with Crippen molar-refractivity contribution in [2.24, 2.45) is 0 Å². The van der Waals surface area contributed by atoms with Crippen LogP contribution < -0.4 is 0 Å². The molecule has 8 nitrogen and oxygen atoms in total. The van der Waals surface area contributed by atoms with E-state index in [0.717, 1.165) is 18.1 Å². The predicted octanol–water partition coefficient (Wildman–Crippen LogP) is 5.36. The molecule has 0 aliphatic rings. The number of aliphatic hydroxyl groups excluding tert-OH is 2. The number of carbonyl (C=O) groups is 1. The summed E-state index contributed by atoms with van der Waals surface area (Å²) in [4.78, 5) is 9.25. The van der Waals surface area contributed by atoms with Gasteiger partial charge in [-0.3, -0.25) is 0 Å². The summed E-state index contributed by atoms with van der Waals surface area (Å²) in [6, 6.07) is 8.63. The Morgan fingerprint density at radius 3 is 1.68 bits per heavy atom. The number of benzene rings is 1. The summed E-state index contributed by atoms with van der Waals surface area (Å²) in [5, 5.41) is 27.0. The fourth-order valence-corrected chi connectivity index (χ4v) is 3.65. The molecule has 0 radical (unpaired) electrons. The van der Waals surface area contributed by atoms with E-state index in [1.165, 1.54) is 44.1 Å². The van der Waals surface area contributed by atoms with Gasteiger partial charge in [0.2, 0.25) is 0 Å². The van der Waals surface area contributed by atoms with Crippen LogP contribution in [0.3, 0.4) is 0 Å². The zero-order valence-corrected chi connectivity index (χ0v) is 25.6. The average molecular weight is 569 g/mol. The van der Waals surface area contributed by atoms with Gasteiger partial charge in [0.1, 0.15) is 0 Å². The number of rotatable bonds is 23. The highest BCUT2D eigenvalue weighted by atomic mass is 16.6. The van der Waals surface area contributed by atoms with Gasteiger partial charge in [-0.2, -0.15) is 0 Å². The third-order valence-corrected chi connectivity index (χ3v) is 6.16. The van der Waals surface area contributed by atoms with Crippen LogP contribution in [-0.4, -0.2) is 84.8 Å². The standard InChI is InChI=1S/C29H52O6.C3H4O2/c1-6-7-8-9-10-11-12-27-13-15-28(16-14-27)17-29(31)22-35-26(5)21-34-25(4)20-33-24(3)19-32-23(2)18-30;1-2-3(4)5/h13-16,23-26,29-31H,6-12,17-22H2,1-5H3;2H,1H2,(H,4,5). The first kappa shape index (κ1) is 38.2. The van der Waals surface area contributed by atoms with Crippen LogP contribution in [0.5, 0.6) is 0 Å². The van der Waals surface area contributed by atoms with E-state index in [0.29, 0.717) is 26.2 Å². The van der Waals surface area contributed by atoms with Crippen LogP contribution in [-0.2, 0) is 36.6 Å². The monoisotopic (exact) mass is 568 g/mol. The molecule has 0 spiro atoms. The molecular formula is C32H56O8. The Hall–Kier alpha value is -1.81. The molecule has 0 bridgehead atoms. The van der Waals surface area contributed by atoms with Crippen LogP contribution in [0.1, 0.15) is 84.3 Å². The Labute approximate surface area is 242 Å². The van der Waals surface area contributed by atoms with Crippen molar-refractivity contribution in [2.75, 3.05) is 33.0 Å². The van der Waals surface area contributed by atoms with E-state index in [4.69, 9.17) is 29.2 Å². The maximum absolute atomic E-state index is 10.4. The highest BCUT2D eigenvalue weighted by Gasteiger charge is 2.13. The lowest BCUT2D eigenvalue weighted by Crippen LogP contribution is -2.29. The molecule has 0 saturated heterocycles. The predicted molar refractivity (Wildman–Crippen MR) is 160 cm³/mol. The van der Waals surface area contributed by atoms with Gasteiger partial charge >= 0.3 is 5.97 Å². The summed E-state index contributed by atoms with van der Waals surface area (Å²) in [5.74, 6) is -0.981. The molecule has 40 heavy (non-hydrogen) atoms. The summed E-state index contributed by atoms with van der Waals surface area (Å²) in [5.41, 5.74) is 2.51.